The van der Waals surface area contributed by atoms with Crippen molar-refractivity contribution in [2.75, 3.05) is 22.9 Å². The number of halogens is 2. The molecule has 160 valence electrons. The fourth-order valence-corrected chi connectivity index (χ4v) is 4.02. The second-order valence-corrected chi connectivity index (χ2v) is 8.00. The summed E-state index contributed by atoms with van der Waals surface area (Å²) in [5.74, 6) is -2.25. The van der Waals surface area contributed by atoms with Crippen LogP contribution in [0.1, 0.15) is 30.4 Å². The van der Waals surface area contributed by atoms with E-state index in [2.05, 4.69) is 10.2 Å². The normalized spacial score (nSPS) is 18.5. The summed E-state index contributed by atoms with van der Waals surface area (Å²) in [7, 11) is 0. The van der Waals surface area contributed by atoms with Gasteiger partial charge in [0.15, 0.2) is 0 Å². The Hall–Kier alpha value is -3.19. The van der Waals surface area contributed by atoms with E-state index in [9.17, 15) is 18.8 Å². The van der Waals surface area contributed by atoms with Gasteiger partial charge < -0.3 is 4.90 Å². The summed E-state index contributed by atoms with van der Waals surface area (Å²) in [6.45, 7) is 3.41. The predicted molar refractivity (Wildman–Crippen MR) is 118 cm³/mol. The van der Waals surface area contributed by atoms with Crippen molar-refractivity contribution in [2.24, 2.45) is 0 Å². The number of carbonyl (C=O) groups excluding carboxylic acids is 3. The summed E-state index contributed by atoms with van der Waals surface area (Å²) < 4.78 is 14.8. The number of anilines is 2. The highest BCUT2D eigenvalue weighted by Gasteiger charge is 2.37. The third kappa shape index (κ3) is 4.05. The zero-order valence-electron chi connectivity index (χ0n) is 17.0. The molecular formula is C23H21ClFN3O3. The van der Waals surface area contributed by atoms with Gasteiger partial charge in [-0.2, -0.15) is 0 Å². The Morgan fingerprint density at radius 2 is 1.81 bits per heavy atom. The van der Waals surface area contributed by atoms with Crippen LogP contribution >= 0.6 is 11.6 Å². The van der Waals surface area contributed by atoms with Crippen LogP contribution < -0.4 is 15.1 Å². The maximum absolute atomic E-state index is 14.8. The van der Waals surface area contributed by atoms with Crippen molar-refractivity contribution in [1.29, 1.82) is 0 Å². The third-order valence-corrected chi connectivity index (χ3v) is 6.00. The first-order valence-corrected chi connectivity index (χ1v) is 10.5. The van der Waals surface area contributed by atoms with Gasteiger partial charge in [0.1, 0.15) is 11.4 Å². The van der Waals surface area contributed by atoms with Gasteiger partial charge >= 0.3 is 6.03 Å². The first-order valence-electron chi connectivity index (χ1n) is 10.1. The molecule has 2 aliphatic heterocycles. The average molecular weight is 442 g/mol. The molecule has 8 heteroatoms. The van der Waals surface area contributed by atoms with Crippen molar-refractivity contribution in [3.8, 4) is 0 Å². The second kappa shape index (κ2) is 8.51. The number of rotatable bonds is 3. The lowest BCUT2D eigenvalue weighted by atomic mass is 10.0. The molecule has 2 aliphatic rings. The summed E-state index contributed by atoms with van der Waals surface area (Å²) in [6.07, 6.45) is 4.47. The largest absolute Gasteiger partial charge is 0.371 e. The molecule has 2 saturated heterocycles. The van der Waals surface area contributed by atoms with Crippen molar-refractivity contribution >= 4 is 46.9 Å². The molecule has 0 bridgehead atoms. The molecule has 0 aliphatic carbocycles. The van der Waals surface area contributed by atoms with Crippen LogP contribution in [0.4, 0.5) is 20.6 Å². The molecule has 0 unspecified atom stereocenters. The van der Waals surface area contributed by atoms with Crippen LogP contribution in [0.15, 0.2) is 42.0 Å². The molecule has 4 amide bonds. The van der Waals surface area contributed by atoms with E-state index < -0.39 is 23.7 Å². The van der Waals surface area contributed by atoms with Gasteiger partial charge in [0.25, 0.3) is 11.8 Å². The Labute approximate surface area is 184 Å². The van der Waals surface area contributed by atoms with E-state index in [0.29, 0.717) is 10.6 Å². The summed E-state index contributed by atoms with van der Waals surface area (Å²) in [4.78, 5) is 40.8. The van der Waals surface area contributed by atoms with Gasteiger partial charge in [-0.15, -0.1) is 0 Å². The SMILES string of the molecule is Cc1c(Cl)cccc1N1C(=O)NC(=O)/C(=C\c2ccc(N3CCCCC3)cc2F)C1=O. The molecule has 1 N–H and O–H groups in total. The van der Waals surface area contributed by atoms with Crippen LogP contribution in [0.2, 0.25) is 5.02 Å². The third-order valence-electron chi connectivity index (χ3n) is 5.59. The van der Waals surface area contributed by atoms with E-state index in [0.717, 1.165) is 36.5 Å². The number of hydrogen-bond donors (Lipinski definition) is 1. The van der Waals surface area contributed by atoms with Gasteiger partial charge in [-0.3, -0.25) is 14.9 Å². The van der Waals surface area contributed by atoms with Crippen LogP contribution in [0.25, 0.3) is 6.08 Å². The molecule has 2 heterocycles. The monoisotopic (exact) mass is 441 g/mol. The average Bonchev–Trinajstić information content (AvgIpc) is 2.75. The van der Waals surface area contributed by atoms with E-state index in [4.69, 9.17) is 11.6 Å². The number of piperidine rings is 1. The molecule has 31 heavy (non-hydrogen) atoms. The summed E-state index contributed by atoms with van der Waals surface area (Å²) in [5.41, 5.74) is 1.30. The topological polar surface area (TPSA) is 69.7 Å². The molecule has 0 atom stereocenters. The highest BCUT2D eigenvalue weighted by molar-refractivity contribution is 6.39. The maximum Gasteiger partial charge on any atom is 0.335 e. The van der Waals surface area contributed by atoms with Crippen molar-refractivity contribution in [3.05, 3.63) is 63.9 Å². The van der Waals surface area contributed by atoms with Crippen LogP contribution in [0.3, 0.4) is 0 Å². The van der Waals surface area contributed by atoms with Crippen molar-refractivity contribution in [1.82, 2.24) is 5.32 Å². The van der Waals surface area contributed by atoms with Crippen LogP contribution in [0.5, 0.6) is 0 Å². The predicted octanol–water partition coefficient (Wildman–Crippen LogP) is 4.44. The lowest BCUT2D eigenvalue weighted by Crippen LogP contribution is -2.54. The Kier molecular flexibility index (Phi) is 5.78. The van der Waals surface area contributed by atoms with Gasteiger partial charge in [-0.1, -0.05) is 17.7 Å². The fraction of sp³-hybridized carbons (Fsp3) is 0.261. The van der Waals surface area contributed by atoms with Gasteiger partial charge in [-0.25, -0.2) is 14.1 Å². The quantitative estimate of drug-likeness (QED) is 0.564. The highest BCUT2D eigenvalue weighted by Crippen LogP contribution is 2.30. The van der Waals surface area contributed by atoms with Crippen LogP contribution in [-0.4, -0.2) is 30.9 Å². The fourth-order valence-electron chi connectivity index (χ4n) is 3.85. The number of nitrogens with zero attached hydrogens (tertiary/aromatic N) is 2. The zero-order valence-corrected chi connectivity index (χ0v) is 17.7. The molecule has 4 rings (SSSR count). The molecule has 0 saturated carbocycles. The second-order valence-electron chi connectivity index (χ2n) is 7.60. The molecule has 2 aromatic rings. The minimum absolute atomic E-state index is 0.0939. The molecular weight excluding hydrogens is 421 g/mol. The minimum Gasteiger partial charge on any atom is -0.371 e. The van der Waals surface area contributed by atoms with E-state index in [1.807, 2.05) is 0 Å². The Balaban J connectivity index is 1.68. The lowest BCUT2D eigenvalue weighted by Gasteiger charge is -2.29. The van der Waals surface area contributed by atoms with Crippen molar-refractivity contribution in [3.63, 3.8) is 0 Å². The number of benzene rings is 2. The Morgan fingerprint density at radius 3 is 2.52 bits per heavy atom. The van der Waals surface area contributed by atoms with Gasteiger partial charge in [-0.05, 0) is 68.2 Å². The van der Waals surface area contributed by atoms with E-state index in [1.165, 1.54) is 24.6 Å². The van der Waals surface area contributed by atoms with Crippen LogP contribution in [-0.2, 0) is 9.59 Å². The number of hydrogen-bond acceptors (Lipinski definition) is 4. The Bertz CT molecular complexity index is 1110. The molecule has 2 aromatic carbocycles. The highest BCUT2D eigenvalue weighted by atomic mass is 35.5. The smallest absolute Gasteiger partial charge is 0.335 e. The van der Waals surface area contributed by atoms with E-state index in [1.54, 1.807) is 31.2 Å². The first-order chi connectivity index (χ1) is 14.9. The van der Waals surface area contributed by atoms with Crippen molar-refractivity contribution in [2.45, 2.75) is 26.2 Å². The summed E-state index contributed by atoms with van der Waals surface area (Å²) >= 11 is 6.12. The number of nitrogens with one attached hydrogen (secondary N) is 1. The van der Waals surface area contributed by atoms with E-state index in [-0.39, 0.29) is 16.8 Å². The van der Waals surface area contributed by atoms with Gasteiger partial charge in [0.05, 0.1) is 5.69 Å². The van der Waals surface area contributed by atoms with Gasteiger partial charge in [0.2, 0.25) is 0 Å². The number of amides is 4. The maximum atomic E-state index is 14.8. The molecule has 0 spiro atoms. The first kappa shape index (κ1) is 21.1. The number of carbonyl (C=O) groups is 3. The number of barbiturate groups is 1. The Morgan fingerprint density at radius 1 is 1.06 bits per heavy atom. The number of imide groups is 2. The molecule has 0 radical (unpaired) electrons. The van der Waals surface area contributed by atoms with Crippen molar-refractivity contribution < 1.29 is 18.8 Å². The lowest BCUT2D eigenvalue weighted by molar-refractivity contribution is -0.122. The standard InChI is InChI=1S/C23H21ClFN3O3/c1-14-18(24)6-5-7-20(14)28-22(30)17(21(29)26-23(28)31)12-15-8-9-16(13-19(15)25)27-10-3-2-4-11-27/h5-9,12-13H,2-4,10-11H2,1H3,(H,26,29,31)/b17-12+. The van der Waals surface area contributed by atoms with Crippen LogP contribution in [0, 0.1) is 12.7 Å². The molecule has 6 nitrogen and oxygen atoms in total. The van der Waals surface area contributed by atoms with E-state index >= 15 is 0 Å². The number of urea groups is 1. The zero-order chi connectivity index (χ0) is 22.1. The molecule has 2 fully saturated rings. The molecule has 0 aromatic heterocycles. The summed E-state index contributed by atoms with van der Waals surface area (Å²) in [6, 6.07) is 8.64. The van der Waals surface area contributed by atoms with Gasteiger partial charge in [0, 0.05) is 29.4 Å². The minimum atomic E-state index is -0.876. The summed E-state index contributed by atoms with van der Waals surface area (Å²) in [5, 5.41) is 2.52.